The number of halogens is 1. The van der Waals surface area contributed by atoms with E-state index in [1.54, 1.807) is 0 Å². The molecule has 3 saturated carbocycles. The van der Waals surface area contributed by atoms with Crippen LogP contribution in [0.25, 0.3) is 0 Å². The van der Waals surface area contributed by atoms with Crippen LogP contribution in [0, 0.1) is 23.7 Å². The second kappa shape index (κ2) is 4.38. The van der Waals surface area contributed by atoms with Crippen molar-refractivity contribution in [1.29, 1.82) is 0 Å². The molecule has 3 fully saturated rings. The Morgan fingerprint density at radius 3 is 2.89 bits per heavy atom. The first kappa shape index (κ1) is 11.5. The molecule has 0 amide bonds. The number of fused-ring (bicyclic) bond motifs is 5. The van der Waals surface area contributed by atoms with Crippen molar-refractivity contribution in [1.82, 2.24) is 5.32 Å². The molecule has 3 aliphatic rings. The van der Waals surface area contributed by atoms with E-state index in [0.717, 1.165) is 46.7 Å². The molecule has 1 N–H and O–H groups in total. The van der Waals surface area contributed by atoms with E-state index < -0.39 is 0 Å². The molecule has 3 aliphatic carbocycles. The molecule has 0 radical (unpaired) electrons. The summed E-state index contributed by atoms with van der Waals surface area (Å²) in [5, 5.41) is 3.74. The highest BCUT2D eigenvalue weighted by Gasteiger charge is 2.53. The molecule has 1 heterocycles. The molecule has 0 saturated heterocycles. The Morgan fingerprint density at radius 1 is 1.17 bits per heavy atom. The average molecular weight is 310 g/mol. The quantitative estimate of drug-likeness (QED) is 0.914. The SMILES string of the molecule is Brc1ccc(CNC2CC3CC2C2CCCC32)o1. The summed E-state index contributed by atoms with van der Waals surface area (Å²) in [5.41, 5.74) is 0. The minimum atomic E-state index is 0.748. The number of hydrogen-bond donors (Lipinski definition) is 1. The zero-order chi connectivity index (χ0) is 12.1. The lowest BCUT2D eigenvalue weighted by Gasteiger charge is -2.32. The van der Waals surface area contributed by atoms with Gasteiger partial charge in [0.05, 0.1) is 6.54 Å². The number of furan rings is 1. The predicted octanol–water partition coefficient (Wildman–Crippen LogP) is 3.96. The van der Waals surface area contributed by atoms with E-state index in [-0.39, 0.29) is 0 Å². The van der Waals surface area contributed by atoms with Crippen molar-refractivity contribution in [3.8, 4) is 0 Å². The van der Waals surface area contributed by atoms with E-state index in [4.69, 9.17) is 4.42 Å². The third kappa shape index (κ3) is 1.78. The zero-order valence-electron chi connectivity index (χ0n) is 10.6. The molecular formula is C15H20BrNO. The first-order chi connectivity index (χ1) is 8.81. The van der Waals surface area contributed by atoms with Crippen LogP contribution in [-0.4, -0.2) is 6.04 Å². The summed E-state index contributed by atoms with van der Waals surface area (Å²) in [4.78, 5) is 0. The second-order valence-corrected chi connectivity index (χ2v) is 7.13. The Hall–Kier alpha value is -0.280. The van der Waals surface area contributed by atoms with Crippen LogP contribution in [0.3, 0.4) is 0 Å². The van der Waals surface area contributed by atoms with Crippen LogP contribution in [0.5, 0.6) is 0 Å². The van der Waals surface area contributed by atoms with Crippen LogP contribution in [0.15, 0.2) is 21.2 Å². The van der Waals surface area contributed by atoms with Gasteiger partial charge in [-0.2, -0.15) is 0 Å². The normalized spacial score (nSPS) is 41.5. The molecule has 5 unspecified atom stereocenters. The Morgan fingerprint density at radius 2 is 2.06 bits per heavy atom. The molecule has 0 spiro atoms. The fraction of sp³-hybridized carbons (Fsp3) is 0.733. The first-order valence-electron chi connectivity index (χ1n) is 7.29. The Kier molecular flexibility index (Phi) is 2.81. The highest BCUT2D eigenvalue weighted by atomic mass is 79.9. The molecule has 98 valence electrons. The van der Waals surface area contributed by atoms with Crippen molar-refractivity contribution in [2.24, 2.45) is 23.7 Å². The van der Waals surface area contributed by atoms with Gasteiger partial charge in [-0.25, -0.2) is 0 Å². The van der Waals surface area contributed by atoms with Crippen LogP contribution in [-0.2, 0) is 6.54 Å². The average Bonchev–Trinajstić information content (AvgIpc) is 3.08. The maximum atomic E-state index is 5.56. The second-order valence-electron chi connectivity index (χ2n) is 6.35. The van der Waals surface area contributed by atoms with Gasteiger partial charge < -0.3 is 9.73 Å². The van der Waals surface area contributed by atoms with Gasteiger partial charge >= 0.3 is 0 Å². The lowest BCUT2D eigenvalue weighted by Crippen LogP contribution is -2.38. The summed E-state index contributed by atoms with van der Waals surface area (Å²) in [6.45, 7) is 0.886. The van der Waals surface area contributed by atoms with Gasteiger partial charge in [0.2, 0.25) is 0 Å². The summed E-state index contributed by atoms with van der Waals surface area (Å²) in [5.74, 6) is 5.17. The fourth-order valence-electron chi connectivity index (χ4n) is 4.98. The van der Waals surface area contributed by atoms with Crippen molar-refractivity contribution in [2.75, 3.05) is 0 Å². The largest absolute Gasteiger partial charge is 0.453 e. The van der Waals surface area contributed by atoms with Crippen LogP contribution in [0.2, 0.25) is 0 Å². The summed E-state index contributed by atoms with van der Waals surface area (Å²) in [6.07, 6.45) is 7.41. The van der Waals surface area contributed by atoms with Crippen molar-refractivity contribution in [2.45, 2.75) is 44.7 Å². The maximum absolute atomic E-state index is 5.56. The summed E-state index contributed by atoms with van der Waals surface area (Å²) >= 11 is 3.36. The van der Waals surface area contributed by atoms with Gasteiger partial charge in [0.15, 0.2) is 4.67 Å². The van der Waals surface area contributed by atoms with Gasteiger partial charge in [0, 0.05) is 6.04 Å². The molecule has 2 nitrogen and oxygen atoms in total. The van der Waals surface area contributed by atoms with E-state index in [1.807, 2.05) is 6.07 Å². The van der Waals surface area contributed by atoms with E-state index in [0.29, 0.717) is 0 Å². The van der Waals surface area contributed by atoms with Crippen LogP contribution in [0.1, 0.15) is 37.9 Å². The van der Waals surface area contributed by atoms with Crippen molar-refractivity contribution in [3.63, 3.8) is 0 Å². The lowest BCUT2D eigenvalue weighted by molar-refractivity contribution is 0.205. The lowest BCUT2D eigenvalue weighted by atomic mass is 9.79. The van der Waals surface area contributed by atoms with Crippen molar-refractivity contribution < 1.29 is 4.42 Å². The highest BCUT2D eigenvalue weighted by Crippen LogP contribution is 2.58. The van der Waals surface area contributed by atoms with E-state index in [1.165, 1.54) is 32.1 Å². The molecule has 1 aromatic heterocycles. The Balaban J connectivity index is 1.39. The van der Waals surface area contributed by atoms with E-state index in [9.17, 15) is 0 Å². The zero-order valence-corrected chi connectivity index (χ0v) is 12.2. The van der Waals surface area contributed by atoms with Gasteiger partial charge in [-0.15, -0.1) is 0 Å². The summed E-state index contributed by atoms with van der Waals surface area (Å²) in [7, 11) is 0. The summed E-state index contributed by atoms with van der Waals surface area (Å²) in [6, 6.07) is 4.78. The van der Waals surface area contributed by atoms with Gasteiger partial charge in [-0.3, -0.25) is 0 Å². The number of hydrogen-bond acceptors (Lipinski definition) is 2. The van der Waals surface area contributed by atoms with E-state index in [2.05, 4.69) is 27.3 Å². The third-order valence-corrected chi connectivity index (χ3v) is 6.02. The topological polar surface area (TPSA) is 25.2 Å². The molecule has 5 atom stereocenters. The Bertz CT molecular complexity index is 443. The minimum absolute atomic E-state index is 0.748. The van der Waals surface area contributed by atoms with Crippen molar-refractivity contribution >= 4 is 15.9 Å². The van der Waals surface area contributed by atoms with Gasteiger partial charge in [-0.05, 0) is 77.4 Å². The molecule has 3 heteroatoms. The molecule has 0 aromatic carbocycles. The molecule has 18 heavy (non-hydrogen) atoms. The molecule has 0 aliphatic heterocycles. The Labute approximate surface area is 117 Å². The highest BCUT2D eigenvalue weighted by molar-refractivity contribution is 9.10. The van der Waals surface area contributed by atoms with Gasteiger partial charge in [0.25, 0.3) is 0 Å². The molecular weight excluding hydrogens is 290 g/mol. The molecule has 1 aromatic rings. The predicted molar refractivity (Wildman–Crippen MR) is 74.1 cm³/mol. The standard InChI is InChI=1S/C15H20BrNO/c16-15-5-4-10(18-15)8-17-14-7-9-6-13(14)12-3-1-2-11(9)12/h4-5,9,11-14,17H,1-3,6-8H2. The first-order valence-corrected chi connectivity index (χ1v) is 8.08. The molecule has 4 rings (SSSR count). The fourth-order valence-corrected chi connectivity index (χ4v) is 5.32. The summed E-state index contributed by atoms with van der Waals surface area (Å²) < 4.78 is 6.40. The minimum Gasteiger partial charge on any atom is -0.453 e. The van der Waals surface area contributed by atoms with Gasteiger partial charge in [0.1, 0.15) is 5.76 Å². The van der Waals surface area contributed by atoms with E-state index >= 15 is 0 Å². The third-order valence-electron chi connectivity index (χ3n) is 5.60. The monoisotopic (exact) mass is 309 g/mol. The molecule has 2 bridgehead atoms. The van der Waals surface area contributed by atoms with Gasteiger partial charge in [-0.1, -0.05) is 6.42 Å². The number of rotatable bonds is 3. The van der Waals surface area contributed by atoms with Crippen LogP contribution >= 0.6 is 15.9 Å². The maximum Gasteiger partial charge on any atom is 0.169 e. The van der Waals surface area contributed by atoms with Crippen LogP contribution < -0.4 is 5.32 Å². The number of nitrogens with one attached hydrogen (secondary N) is 1. The smallest absolute Gasteiger partial charge is 0.169 e. The van der Waals surface area contributed by atoms with Crippen LogP contribution in [0.4, 0.5) is 0 Å². The van der Waals surface area contributed by atoms with Crippen molar-refractivity contribution in [3.05, 3.63) is 22.6 Å².